The van der Waals surface area contributed by atoms with Crippen LogP contribution in [-0.2, 0) is 10.0 Å². The van der Waals surface area contributed by atoms with Crippen LogP contribution in [0.3, 0.4) is 0 Å². The minimum atomic E-state index is -3.59. The van der Waals surface area contributed by atoms with Gasteiger partial charge in [-0.3, -0.25) is 0 Å². The number of hydrogen-bond donors (Lipinski definition) is 1. The number of rotatable bonds is 3. The zero-order chi connectivity index (χ0) is 12.5. The van der Waals surface area contributed by atoms with Gasteiger partial charge < -0.3 is 5.11 Å². The van der Waals surface area contributed by atoms with Gasteiger partial charge in [-0.15, -0.1) is 0 Å². The molecular weight excluding hydrogens is 254 g/mol. The summed E-state index contributed by atoms with van der Waals surface area (Å²) in [6, 6.07) is 3.51. The number of carboxylic acid groups (broad SMARTS) is 1. The van der Waals surface area contributed by atoms with Crippen molar-refractivity contribution in [3.8, 4) is 0 Å². The Hall–Kier alpha value is -1.11. The van der Waals surface area contributed by atoms with Crippen LogP contribution < -0.4 is 0 Å². The molecule has 0 aliphatic rings. The van der Waals surface area contributed by atoms with Crippen LogP contribution in [-0.4, -0.2) is 37.9 Å². The summed E-state index contributed by atoms with van der Waals surface area (Å²) in [7, 11) is -0.819. The summed E-state index contributed by atoms with van der Waals surface area (Å²) in [5.41, 5.74) is -0.126. The largest absolute Gasteiger partial charge is 0.478 e. The van der Waals surface area contributed by atoms with E-state index in [1.54, 1.807) is 0 Å². The van der Waals surface area contributed by atoms with Gasteiger partial charge in [0.15, 0.2) is 0 Å². The number of halogens is 1. The van der Waals surface area contributed by atoms with Crippen LogP contribution in [0.15, 0.2) is 23.1 Å². The smallest absolute Gasteiger partial charge is 0.337 e. The maximum absolute atomic E-state index is 11.7. The topological polar surface area (TPSA) is 74.7 Å². The average molecular weight is 264 g/mol. The molecule has 0 radical (unpaired) electrons. The van der Waals surface area contributed by atoms with Gasteiger partial charge in [0, 0.05) is 14.1 Å². The summed E-state index contributed by atoms with van der Waals surface area (Å²) < 4.78 is 24.4. The number of sulfonamides is 1. The summed E-state index contributed by atoms with van der Waals surface area (Å²) in [5, 5.41) is 8.62. The van der Waals surface area contributed by atoms with Crippen LogP contribution in [0.2, 0.25) is 5.02 Å². The van der Waals surface area contributed by atoms with Crippen LogP contribution in [0, 0.1) is 0 Å². The molecule has 0 aliphatic carbocycles. The summed E-state index contributed by atoms with van der Waals surface area (Å²) in [5.74, 6) is -1.20. The van der Waals surface area contributed by atoms with E-state index in [-0.39, 0.29) is 15.5 Å². The Balaban J connectivity index is 3.32. The monoisotopic (exact) mass is 263 g/mol. The molecule has 88 valence electrons. The summed E-state index contributed by atoms with van der Waals surface area (Å²) in [6.07, 6.45) is 0. The van der Waals surface area contributed by atoms with Crippen molar-refractivity contribution in [3.63, 3.8) is 0 Å². The van der Waals surface area contributed by atoms with Gasteiger partial charge in [-0.25, -0.2) is 17.5 Å². The molecule has 1 N–H and O–H groups in total. The zero-order valence-electron chi connectivity index (χ0n) is 8.64. The molecule has 0 bridgehead atoms. The van der Waals surface area contributed by atoms with Crippen LogP contribution in [0.4, 0.5) is 0 Å². The van der Waals surface area contributed by atoms with Gasteiger partial charge in [0.2, 0.25) is 10.0 Å². The molecule has 0 aromatic heterocycles. The van der Waals surface area contributed by atoms with E-state index in [1.807, 2.05) is 0 Å². The fraction of sp³-hybridized carbons (Fsp3) is 0.222. The lowest BCUT2D eigenvalue weighted by Gasteiger charge is -2.11. The molecule has 1 rings (SSSR count). The van der Waals surface area contributed by atoms with Crippen molar-refractivity contribution in [2.45, 2.75) is 4.90 Å². The molecule has 1 aromatic rings. The van der Waals surface area contributed by atoms with Crippen molar-refractivity contribution in [3.05, 3.63) is 28.8 Å². The van der Waals surface area contributed by atoms with Gasteiger partial charge in [0.05, 0.1) is 15.5 Å². The number of carbonyl (C=O) groups is 1. The molecule has 0 amide bonds. The van der Waals surface area contributed by atoms with E-state index < -0.39 is 16.0 Å². The number of benzene rings is 1. The molecule has 0 aliphatic heterocycles. The predicted octanol–water partition coefficient (Wildman–Crippen LogP) is 1.29. The Morgan fingerprint density at radius 1 is 1.38 bits per heavy atom. The normalized spacial score (nSPS) is 11.8. The highest BCUT2D eigenvalue weighted by Gasteiger charge is 2.19. The van der Waals surface area contributed by atoms with Gasteiger partial charge >= 0.3 is 5.97 Å². The third kappa shape index (κ3) is 2.34. The maximum atomic E-state index is 11.7. The lowest BCUT2D eigenvalue weighted by molar-refractivity contribution is 0.0697. The van der Waals surface area contributed by atoms with Crippen LogP contribution in [0.5, 0.6) is 0 Å². The van der Waals surface area contributed by atoms with E-state index >= 15 is 0 Å². The summed E-state index contributed by atoms with van der Waals surface area (Å²) in [4.78, 5) is 10.6. The minimum absolute atomic E-state index is 0.0347. The number of aromatic carboxylic acids is 1. The quantitative estimate of drug-likeness (QED) is 0.892. The van der Waals surface area contributed by atoms with Gasteiger partial charge in [-0.05, 0) is 18.2 Å². The molecular formula is C9H10ClNO4S. The second-order valence-corrected chi connectivity index (χ2v) is 5.79. The van der Waals surface area contributed by atoms with E-state index in [9.17, 15) is 13.2 Å². The first-order valence-corrected chi connectivity index (χ1v) is 6.04. The number of hydrogen-bond acceptors (Lipinski definition) is 3. The second-order valence-electron chi connectivity index (χ2n) is 3.23. The first kappa shape index (κ1) is 13.0. The SMILES string of the molecule is CN(C)S(=O)(=O)c1ccc(C(=O)O)c(Cl)c1. The Labute approximate surface area is 98.3 Å². The predicted molar refractivity (Wildman–Crippen MR) is 59.3 cm³/mol. The van der Waals surface area contributed by atoms with Crippen molar-refractivity contribution < 1.29 is 18.3 Å². The van der Waals surface area contributed by atoms with Gasteiger partial charge in [-0.1, -0.05) is 11.6 Å². The fourth-order valence-electron chi connectivity index (χ4n) is 1.04. The van der Waals surface area contributed by atoms with Crippen LogP contribution in [0.25, 0.3) is 0 Å². The molecule has 0 heterocycles. The maximum Gasteiger partial charge on any atom is 0.337 e. The van der Waals surface area contributed by atoms with Crippen molar-refractivity contribution in [1.29, 1.82) is 0 Å². The molecule has 0 saturated heterocycles. The van der Waals surface area contributed by atoms with Crippen molar-refractivity contribution in [2.24, 2.45) is 0 Å². The highest BCUT2D eigenvalue weighted by atomic mass is 35.5. The average Bonchev–Trinajstić information content (AvgIpc) is 2.16. The summed E-state index contributed by atoms with van der Waals surface area (Å²) >= 11 is 5.67. The van der Waals surface area contributed by atoms with Gasteiger partial charge in [0.1, 0.15) is 0 Å². The van der Waals surface area contributed by atoms with E-state index in [2.05, 4.69) is 0 Å². The zero-order valence-corrected chi connectivity index (χ0v) is 10.2. The molecule has 0 saturated carbocycles. The van der Waals surface area contributed by atoms with E-state index in [4.69, 9.17) is 16.7 Å². The van der Waals surface area contributed by atoms with Crippen LogP contribution >= 0.6 is 11.6 Å². The van der Waals surface area contributed by atoms with Crippen molar-refractivity contribution in [1.82, 2.24) is 4.31 Å². The highest BCUT2D eigenvalue weighted by Crippen LogP contribution is 2.22. The first-order chi connectivity index (χ1) is 7.26. The molecule has 7 heteroatoms. The Morgan fingerprint density at radius 2 is 1.94 bits per heavy atom. The number of carboxylic acids is 1. The van der Waals surface area contributed by atoms with E-state index in [0.717, 1.165) is 10.4 Å². The van der Waals surface area contributed by atoms with Crippen LogP contribution in [0.1, 0.15) is 10.4 Å². The lowest BCUT2D eigenvalue weighted by Crippen LogP contribution is -2.22. The molecule has 0 spiro atoms. The standard InChI is InChI=1S/C9H10ClNO4S/c1-11(2)16(14,15)6-3-4-7(9(12)13)8(10)5-6/h3-5H,1-2H3,(H,12,13). The van der Waals surface area contributed by atoms with Crippen molar-refractivity contribution in [2.75, 3.05) is 14.1 Å². The Kier molecular flexibility index (Phi) is 3.57. The van der Waals surface area contributed by atoms with Crippen molar-refractivity contribution >= 4 is 27.6 Å². The Morgan fingerprint density at radius 3 is 2.31 bits per heavy atom. The first-order valence-electron chi connectivity index (χ1n) is 4.22. The Bertz CT molecular complexity index is 524. The molecule has 5 nitrogen and oxygen atoms in total. The van der Waals surface area contributed by atoms with E-state index in [0.29, 0.717) is 0 Å². The highest BCUT2D eigenvalue weighted by molar-refractivity contribution is 7.89. The number of nitrogens with zero attached hydrogens (tertiary/aromatic N) is 1. The minimum Gasteiger partial charge on any atom is -0.478 e. The third-order valence-corrected chi connectivity index (χ3v) is 4.07. The van der Waals surface area contributed by atoms with Gasteiger partial charge in [-0.2, -0.15) is 0 Å². The molecule has 0 unspecified atom stereocenters. The third-order valence-electron chi connectivity index (χ3n) is 1.95. The molecule has 16 heavy (non-hydrogen) atoms. The second kappa shape index (κ2) is 4.40. The van der Waals surface area contributed by atoms with E-state index in [1.165, 1.54) is 26.2 Å². The lowest BCUT2D eigenvalue weighted by atomic mass is 10.2. The molecule has 1 aromatic carbocycles. The summed E-state index contributed by atoms with van der Waals surface area (Å²) in [6.45, 7) is 0. The molecule has 0 fully saturated rings. The molecule has 0 atom stereocenters. The fourth-order valence-corrected chi connectivity index (χ4v) is 2.30. The van der Waals surface area contributed by atoms with Gasteiger partial charge in [0.25, 0.3) is 0 Å².